The minimum Gasteiger partial charge on any atom is -0.328 e. The van der Waals surface area contributed by atoms with Gasteiger partial charge in [0.1, 0.15) is 0 Å². The van der Waals surface area contributed by atoms with Crippen LogP contribution in [-0.4, -0.2) is 32.3 Å². The molecule has 0 fully saturated rings. The number of hydrogen-bond acceptors (Lipinski definition) is 3. The molecule has 4 nitrogen and oxygen atoms in total. The van der Waals surface area contributed by atoms with Crippen LogP contribution < -0.4 is 0 Å². The molecule has 0 aliphatic carbocycles. The molecule has 1 rings (SSSR count). The van der Waals surface area contributed by atoms with Crippen molar-refractivity contribution in [3.05, 3.63) is 29.8 Å². The Bertz CT molecular complexity index is 605. The summed E-state index contributed by atoms with van der Waals surface area (Å²) >= 11 is 0. The first kappa shape index (κ1) is 15.5. The van der Waals surface area contributed by atoms with Gasteiger partial charge in [-0.25, -0.2) is 8.42 Å². The van der Waals surface area contributed by atoms with Crippen molar-refractivity contribution in [3.63, 3.8) is 0 Å². The molecule has 0 bridgehead atoms. The number of amides is 1. The third-order valence-corrected chi connectivity index (χ3v) is 3.78. The summed E-state index contributed by atoms with van der Waals surface area (Å²) in [5.41, 5.74) is 0.255. The zero-order chi connectivity index (χ0) is 14.5. The Morgan fingerprint density at radius 3 is 2.68 bits per heavy atom. The van der Waals surface area contributed by atoms with Crippen molar-refractivity contribution in [2.75, 3.05) is 13.1 Å². The second-order valence-corrected chi connectivity index (χ2v) is 6.46. The lowest BCUT2D eigenvalue weighted by Gasteiger charge is -2.19. The van der Waals surface area contributed by atoms with Crippen molar-refractivity contribution >= 4 is 25.6 Å². The first-order valence-corrected chi connectivity index (χ1v) is 7.98. The van der Waals surface area contributed by atoms with Crippen molar-refractivity contribution in [2.45, 2.75) is 18.2 Å². The number of carbonyl (C=O) groups is 1. The van der Waals surface area contributed by atoms with Crippen LogP contribution >= 0.6 is 10.7 Å². The molecule has 0 spiro atoms. The summed E-state index contributed by atoms with van der Waals surface area (Å²) in [5.74, 6) is 2.11. The maximum atomic E-state index is 12.2. The predicted molar refractivity (Wildman–Crippen MR) is 74.5 cm³/mol. The number of hydrogen-bond donors (Lipinski definition) is 0. The van der Waals surface area contributed by atoms with Gasteiger partial charge in [0.2, 0.25) is 0 Å². The molecule has 0 saturated carbocycles. The number of halogens is 1. The highest BCUT2D eigenvalue weighted by Gasteiger charge is 2.17. The van der Waals surface area contributed by atoms with Gasteiger partial charge in [-0.1, -0.05) is 18.9 Å². The number of nitrogens with zero attached hydrogens (tertiary/aromatic N) is 1. The first-order valence-electron chi connectivity index (χ1n) is 5.67. The molecule has 1 amide bonds. The van der Waals surface area contributed by atoms with Crippen LogP contribution in [0.25, 0.3) is 0 Å². The molecule has 0 heterocycles. The molecule has 0 aromatic heterocycles. The van der Waals surface area contributed by atoms with Crippen molar-refractivity contribution in [1.82, 2.24) is 4.90 Å². The number of terminal acetylenes is 1. The standard InChI is InChI=1S/C13H14ClNO3S/c1-3-8-15(9-4-2)13(16)11-6-5-7-12(10-11)19(14,17)18/h1,5-7,10H,4,8-9H2,2H3. The van der Waals surface area contributed by atoms with Crippen LogP contribution in [0.5, 0.6) is 0 Å². The zero-order valence-electron chi connectivity index (χ0n) is 10.5. The fourth-order valence-corrected chi connectivity index (χ4v) is 2.39. The van der Waals surface area contributed by atoms with Gasteiger partial charge in [0.15, 0.2) is 0 Å². The molecule has 0 saturated heterocycles. The van der Waals surface area contributed by atoms with Crippen LogP contribution in [0.4, 0.5) is 0 Å². The van der Waals surface area contributed by atoms with Crippen LogP contribution in [0.2, 0.25) is 0 Å². The van der Waals surface area contributed by atoms with Gasteiger partial charge in [0.05, 0.1) is 11.4 Å². The SMILES string of the molecule is C#CCN(CCC)C(=O)c1cccc(S(=O)(=O)Cl)c1. The van der Waals surface area contributed by atoms with Gasteiger partial charge in [-0.15, -0.1) is 6.42 Å². The predicted octanol–water partition coefficient (Wildman–Crippen LogP) is 2.10. The van der Waals surface area contributed by atoms with Crippen LogP contribution in [0.15, 0.2) is 29.2 Å². The van der Waals surface area contributed by atoms with Gasteiger partial charge in [-0.3, -0.25) is 4.79 Å². The Morgan fingerprint density at radius 2 is 2.16 bits per heavy atom. The van der Waals surface area contributed by atoms with Crippen molar-refractivity contribution in [2.24, 2.45) is 0 Å². The lowest BCUT2D eigenvalue weighted by molar-refractivity contribution is 0.0776. The molecule has 6 heteroatoms. The molecule has 0 radical (unpaired) electrons. The average molecular weight is 300 g/mol. The summed E-state index contributed by atoms with van der Waals surface area (Å²) in [7, 11) is 1.40. The average Bonchev–Trinajstić information content (AvgIpc) is 2.37. The Balaban J connectivity index is 3.09. The lowest BCUT2D eigenvalue weighted by Crippen LogP contribution is -2.32. The Labute approximate surface area is 117 Å². The van der Waals surface area contributed by atoms with Crippen LogP contribution in [0.1, 0.15) is 23.7 Å². The molecule has 102 valence electrons. The number of benzene rings is 1. The molecule has 0 aliphatic heterocycles. The Kier molecular flexibility index (Phi) is 5.40. The van der Waals surface area contributed by atoms with Gasteiger partial charge in [-0.2, -0.15) is 0 Å². The fourth-order valence-electron chi connectivity index (χ4n) is 1.60. The molecule has 0 atom stereocenters. The van der Waals surface area contributed by atoms with E-state index in [1.54, 1.807) is 0 Å². The van der Waals surface area contributed by atoms with Crippen molar-refractivity contribution < 1.29 is 13.2 Å². The highest BCUT2D eigenvalue weighted by Crippen LogP contribution is 2.17. The van der Waals surface area contributed by atoms with E-state index in [-0.39, 0.29) is 22.9 Å². The van der Waals surface area contributed by atoms with Crippen LogP contribution in [0.3, 0.4) is 0 Å². The molecular formula is C13H14ClNO3S. The summed E-state index contributed by atoms with van der Waals surface area (Å²) in [5, 5.41) is 0. The molecule has 0 N–H and O–H groups in total. The third kappa shape index (κ3) is 4.27. The molecule has 1 aromatic rings. The Morgan fingerprint density at radius 1 is 1.47 bits per heavy atom. The molecule has 0 unspecified atom stereocenters. The van der Waals surface area contributed by atoms with E-state index in [2.05, 4.69) is 5.92 Å². The highest BCUT2D eigenvalue weighted by atomic mass is 35.7. The smallest absolute Gasteiger partial charge is 0.261 e. The zero-order valence-corrected chi connectivity index (χ0v) is 12.0. The van der Waals surface area contributed by atoms with E-state index >= 15 is 0 Å². The minimum atomic E-state index is -3.85. The van der Waals surface area contributed by atoms with E-state index in [9.17, 15) is 13.2 Å². The molecule has 1 aromatic carbocycles. The summed E-state index contributed by atoms with van der Waals surface area (Å²) in [6, 6.07) is 5.60. The maximum Gasteiger partial charge on any atom is 0.261 e. The minimum absolute atomic E-state index is 0.0998. The summed E-state index contributed by atoms with van der Waals surface area (Å²) in [6.45, 7) is 2.63. The van der Waals surface area contributed by atoms with Crippen LogP contribution in [0, 0.1) is 12.3 Å². The summed E-state index contributed by atoms with van der Waals surface area (Å²) in [6.07, 6.45) is 5.98. The largest absolute Gasteiger partial charge is 0.328 e. The summed E-state index contributed by atoms with van der Waals surface area (Å²) in [4.78, 5) is 13.6. The van der Waals surface area contributed by atoms with Gasteiger partial charge in [0, 0.05) is 22.8 Å². The van der Waals surface area contributed by atoms with Crippen molar-refractivity contribution in [3.8, 4) is 12.3 Å². The molecular weight excluding hydrogens is 286 g/mol. The number of carbonyl (C=O) groups excluding carboxylic acids is 1. The second-order valence-electron chi connectivity index (χ2n) is 3.90. The van der Waals surface area contributed by atoms with E-state index < -0.39 is 9.05 Å². The van der Waals surface area contributed by atoms with E-state index in [1.807, 2.05) is 6.92 Å². The molecule has 19 heavy (non-hydrogen) atoms. The lowest BCUT2D eigenvalue weighted by atomic mass is 10.2. The first-order chi connectivity index (χ1) is 8.90. The van der Waals surface area contributed by atoms with Gasteiger partial charge in [-0.05, 0) is 24.6 Å². The quantitative estimate of drug-likeness (QED) is 0.618. The molecule has 0 aliphatic rings. The van der Waals surface area contributed by atoms with Gasteiger partial charge in [0.25, 0.3) is 15.0 Å². The van der Waals surface area contributed by atoms with E-state index in [1.165, 1.54) is 29.2 Å². The topological polar surface area (TPSA) is 54.5 Å². The van der Waals surface area contributed by atoms with E-state index in [0.29, 0.717) is 6.54 Å². The Hall–Kier alpha value is -1.51. The van der Waals surface area contributed by atoms with Gasteiger partial charge >= 0.3 is 0 Å². The summed E-state index contributed by atoms with van der Waals surface area (Å²) < 4.78 is 22.5. The van der Waals surface area contributed by atoms with Crippen LogP contribution in [-0.2, 0) is 9.05 Å². The fraction of sp³-hybridized carbons (Fsp3) is 0.308. The van der Waals surface area contributed by atoms with E-state index in [0.717, 1.165) is 6.42 Å². The van der Waals surface area contributed by atoms with Crippen molar-refractivity contribution in [1.29, 1.82) is 0 Å². The second kappa shape index (κ2) is 6.60. The normalized spacial score (nSPS) is 10.8. The monoisotopic (exact) mass is 299 g/mol. The third-order valence-electron chi connectivity index (χ3n) is 2.43. The number of rotatable bonds is 5. The highest BCUT2D eigenvalue weighted by molar-refractivity contribution is 8.13. The van der Waals surface area contributed by atoms with E-state index in [4.69, 9.17) is 17.1 Å². The maximum absolute atomic E-state index is 12.2. The van der Waals surface area contributed by atoms with Gasteiger partial charge < -0.3 is 4.90 Å².